The molecule has 1 unspecified atom stereocenters. The number of fused-ring (bicyclic) bond motifs is 6. The monoisotopic (exact) mass is 615 g/mol. The summed E-state index contributed by atoms with van der Waals surface area (Å²) in [4.78, 5) is 25.7. The maximum Gasteiger partial charge on any atom is 0.394 e. The Morgan fingerprint density at radius 3 is 2.47 bits per heavy atom. The van der Waals surface area contributed by atoms with Gasteiger partial charge in [0.25, 0.3) is 15.9 Å². The van der Waals surface area contributed by atoms with Crippen molar-refractivity contribution < 1.29 is 31.1 Å². The Bertz CT molecular complexity index is 1660. The maximum absolute atomic E-state index is 13.7. The van der Waals surface area contributed by atoms with Gasteiger partial charge in [-0.15, -0.1) is 0 Å². The lowest BCUT2D eigenvalue weighted by atomic mass is 10.00. The van der Waals surface area contributed by atoms with Gasteiger partial charge in [0, 0.05) is 36.8 Å². The molecule has 6 rings (SSSR count). The van der Waals surface area contributed by atoms with Gasteiger partial charge in [-0.05, 0) is 69.0 Å². The zero-order chi connectivity index (χ0) is 30.6. The highest BCUT2D eigenvalue weighted by atomic mass is 32.2. The topological polar surface area (TPSA) is 105 Å². The molecule has 3 heterocycles. The third kappa shape index (κ3) is 5.79. The summed E-state index contributed by atoms with van der Waals surface area (Å²) in [7, 11) is -4.17. The fraction of sp³-hybridized carbons (Fsp3) is 0.433. The van der Waals surface area contributed by atoms with Crippen LogP contribution in [-0.2, 0) is 10.0 Å². The van der Waals surface area contributed by atoms with E-state index in [4.69, 9.17) is 4.74 Å². The van der Waals surface area contributed by atoms with E-state index in [0.29, 0.717) is 12.2 Å². The molecule has 1 aliphatic carbocycles. The Morgan fingerprint density at radius 2 is 1.77 bits per heavy atom. The molecule has 3 aliphatic rings. The minimum Gasteiger partial charge on any atom is -0.476 e. The Morgan fingerprint density at radius 1 is 1.05 bits per heavy atom. The van der Waals surface area contributed by atoms with Crippen molar-refractivity contribution in [1.82, 2.24) is 19.8 Å². The molecule has 228 valence electrons. The molecule has 2 aromatic carbocycles. The summed E-state index contributed by atoms with van der Waals surface area (Å²) in [5.74, 6) is -0.458. The van der Waals surface area contributed by atoms with Crippen LogP contribution in [0.15, 0.2) is 53.4 Å². The van der Waals surface area contributed by atoms with Crippen LogP contribution in [0.5, 0.6) is 5.88 Å². The second-order valence-electron chi connectivity index (χ2n) is 11.6. The second-order valence-corrected chi connectivity index (χ2v) is 13.3. The highest BCUT2D eigenvalue weighted by molar-refractivity contribution is 7.92. The zero-order valence-corrected chi connectivity index (χ0v) is 24.6. The molecule has 43 heavy (non-hydrogen) atoms. The van der Waals surface area contributed by atoms with E-state index in [9.17, 15) is 26.4 Å². The summed E-state index contributed by atoms with van der Waals surface area (Å²) >= 11 is 0. The lowest BCUT2D eigenvalue weighted by Gasteiger charge is -2.42. The fourth-order valence-electron chi connectivity index (χ4n) is 5.94. The van der Waals surface area contributed by atoms with E-state index in [1.165, 1.54) is 18.2 Å². The second kappa shape index (κ2) is 10.8. The minimum absolute atomic E-state index is 0.0147. The predicted molar refractivity (Wildman–Crippen MR) is 153 cm³/mol. The first-order chi connectivity index (χ1) is 20.3. The van der Waals surface area contributed by atoms with Gasteiger partial charge in [0.2, 0.25) is 11.8 Å². The summed E-state index contributed by atoms with van der Waals surface area (Å²) in [5, 5.41) is 0. The number of aryl methyl sites for hydroxylation is 2. The van der Waals surface area contributed by atoms with Crippen LogP contribution in [0.4, 0.5) is 19.1 Å². The summed E-state index contributed by atoms with van der Waals surface area (Å²) < 4.78 is 76.3. The number of benzene rings is 2. The number of alkyl halides is 3. The van der Waals surface area contributed by atoms with Gasteiger partial charge in [-0.3, -0.25) is 9.69 Å². The number of halogens is 3. The molecule has 1 amide bonds. The van der Waals surface area contributed by atoms with E-state index in [1.54, 1.807) is 17.0 Å². The highest BCUT2D eigenvalue weighted by Crippen LogP contribution is 2.60. The first-order valence-corrected chi connectivity index (χ1v) is 15.6. The molecule has 1 aromatic heterocycles. The SMILES string of the molecule is Cc1cccc(C)c1-c1cc2nc(n1)NS(=O)(=O)c1cccc(c1)C(=O)N1CCN(CCC3(C(F)(F)F)CC3)C(CO2)C1. The molecule has 0 spiro atoms. The predicted octanol–water partition coefficient (Wildman–Crippen LogP) is 4.81. The molecule has 1 N–H and O–H groups in total. The molecule has 6 bridgehead atoms. The van der Waals surface area contributed by atoms with E-state index in [1.807, 2.05) is 36.9 Å². The van der Waals surface area contributed by atoms with Gasteiger partial charge in [-0.1, -0.05) is 24.3 Å². The normalized spacial score (nSPS) is 21.4. The number of sulfonamides is 1. The van der Waals surface area contributed by atoms with Crippen molar-refractivity contribution in [1.29, 1.82) is 0 Å². The number of rotatable bonds is 4. The van der Waals surface area contributed by atoms with Crippen molar-refractivity contribution in [3.63, 3.8) is 0 Å². The number of carbonyl (C=O) groups is 1. The number of nitrogens with zero attached hydrogens (tertiary/aromatic N) is 4. The summed E-state index contributed by atoms with van der Waals surface area (Å²) in [6.07, 6.45) is -4.00. The third-order valence-electron chi connectivity index (χ3n) is 8.70. The number of hydrogen-bond acceptors (Lipinski definition) is 7. The van der Waals surface area contributed by atoms with Gasteiger partial charge in [-0.2, -0.15) is 18.2 Å². The molecular weight excluding hydrogens is 583 g/mol. The van der Waals surface area contributed by atoms with Crippen molar-refractivity contribution in [2.75, 3.05) is 37.5 Å². The highest BCUT2D eigenvalue weighted by Gasteiger charge is 2.62. The van der Waals surface area contributed by atoms with E-state index in [-0.39, 0.29) is 73.7 Å². The molecule has 1 saturated heterocycles. The number of ether oxygens (including phenoxy) is 1. The summed E-state index contributed by atoms with van der Waals surface area (Å²) in [6, 6.07) is 12.7. The summed E-state index contributed by atoms with van der Waals surface area (Å²) in [5.41, 5.74) is 1.65. The Balaban J connectivity index is 1.38. The lowest BCUT2D eigenvalue weighted by molar-refractivity contribution is -0.190. The lowest BCUT2D eigenvalue weighted by Crippen LogP contribution is -2.57. The number of hydrogen-bond donors (Lipinski definition) is 1. The molecular formula is C30H32F3N5O4S. The molecule has 13 heteroatoms. The van der Waals surface area contributed by atoms with Crippen LogP contribution < -0.4 is 9.46 Å². The van der Waals surface area contributed by atoms with Crippen LogP contribution in [0.2, 0.25) is 0 Å². The standard InChI is InChI=1S/C30H32F3N5O4S/c1-19-5-3-6-20(2)26(19)24-16-25-35-28(34-24)36-43(40,41)23-8-4-7-21(15-23)27(39)38-14-13-37(22(17-38)18-42-25)12-11-29(9-10-29)30(31,32)33/h3-8,15-16,22H,9-14,17-18H2,1-2H3,(H,34,35,36). The molecule has 2 aliphatic heterocycles. The third-order valence-corrected chi connectivity index (χ3v) is 10.0. The van der Waals surface area contributed by atoms with Gasteiger partial charge >= 0.3 is 6.18 Å². The number of piperazine rings is 1. The number of amides is 1. The Hall–Kier alpha value is -3.71. The van der Waals surface area contributed by atoms with Crippen molar-refractivity contribution in [3.05, 3.63) is 65.2 Å². The van der Waals surface area contributed by atoms with Crippen molar-refractivity contribution >= 4 is 21.9 Å². The maximum atomic E-state index is 13.7. The first kappa shape index (κ1) is 29.4. The number of nitrogens with one attached hydrogen (secondary N) is 1. The molecule has 9 nitrogen and oxygen atoms in total. The smallest absolute Gasteiger partial charge is 0.394 e. The van der Waals surface area contributed by atoms with E-state index in [0.717, 1.165) is 16.7 Å². The van der Waals surface area contributed by atoms with Crippen LogP contribution >= 0.6 is 0 Å². The van der Waals surface area contributed by atoms with Crippen molar-refractivity contribution in [2.45, 2.75) is 50.2 Å². The van der Waals surface area contributed by atoms with Crippen LogP contribution in [0.3, 0.4) is 0 Å². The summed E-state index contributed by atoms with van der Waals surface area (Å²) in [6.45, 7) is 4.94. The van der Waals surface area contributed by atoms with Crippen molar-refractivity contribution in [2.24, 2.45) is 5.41 Å². The number of aromatic nitrogens is 2. The molecule has 3 aromatic rings. The number of carbonyl (C=O) groups excluding carboxylic acids is 1. The number of anilines is 1. The largest absolute Gasteiger partial charge is 0.476 e. The first-order valence-electron chi connectivity index (χ1n) is 14.2. The molecule has 1 atom stereocenters. The zero-order valence-electron chi connectivity index (χ0n) is 23.8. The Labute approximate surface area is 248 Å². The van der Waals surface area contributed by atoms with Gasteiger partial charge < -0.3 is 9.64 Å². The Kier molecular flexibility index (Phi) is 7.36. The minimum atomic E-state index is -4.25. The van der Waals surface area contributed by atoms with Crippen LogP contribution in [0.25, 0.3) is 11.3 Å². The van der Waals surface area contributed by atoms with Crippen molar-refractivity contribution in [3.8, 4) is 17.1 Å². The molecule has 1 saturated carbocycles. The van der Waals surface area contributed by atoms with Crippen LogP contribution in [0.1, 0.15) is 40.7 Å². The van der Waals surface area contributed by atoms with E-state index < -0.39 is 27.7 Å². The molecule has 0 radical (unpaired) electrons. The fourth-order valence-corrected chi connectivity index (χ4v) is 6.93. The van der Waals surface area contributed by atoms with E-state index >= 15 is 0 Å². The average Bonchev–Trinajstić information content (AvgIpc) is 3.76. The average molecular weight is 616 g/mol. The van der Waals surface area contributed by atoms with Gasteiger partial charge in [-0.25, -0.2) is 18.1 Å². The van der Waals surface area contributed by atoms with E-state index in [2.05, 4.69) is 14.7 Å². The van der Waals surface area contributed by atoms with Gasteiger partial charge in [0.05, 0.1) is 22.0 Å². The van der Waals surface area contributed by atoms with Crippen LogP contribution in [-0.4, -0.2) is 79.1 Å². The molecule has 2 fully saturated rings. The van der Waals surface area contributed by atoms with Crippen LogP contribution in [0, 0.1) is 19.3 Å². The van der Waals surface area contributed by atoms with Gasteiger partial charge in [0.15, 0.2) is 0 Å². The quantitative estimate of drug-likeness (QED) is 0.449. The van der Waals surface area contributed by atoms with Gasteiger partial charge in [0.1, 0.15) is 6.61 Å².